The average Bonchev–Trinajstić information content (AvgIpc) is 2.31. The zero-order valence-electron chi connectivity index (χ0n) is 9.44. The summed E-state index contributed by atoms with van der Waals surface area (Å²) < 4.78 is 17.6. The third-order valence-corrected chi connectivity index (χ3v) is 2.02. The van der Waals surface area contributed by atoms with Crippen molar-refractivity contribution in [1.82, 2.24) is 0 Å². The van der Waals surface area contributed by atoms with Gasteiger partial charge in [0.2, 0.25) is 0 Å². The van der Waals surface area contributed by atoms with E-state index >= 15 is 0 Å². The Morgan fingerprint density at radius 1 is 1.59 bits per heavy atom. The van der Waals surface area contributed by atoms with Crippen LogP contribution in [0.5, 0.6) is 0 Å². The van der Waals surface area contributed by atoms with Crippen LogP contribution in [0.25, 0.3) is 6.08 Å². The van der Waals surface area contributed by atoms with Crippen LogP contribution in [0.3, 0.4) is 0 Å². The highest BCUT2D eigenvalue weighted by Gasteiger charge is 2.01. The maximum absolute atomic E-state index is 12.8. The molecule has 0 radical (unpaired) electrons. The van der Waals surface area contributed by atoms with E-state index in [1.807, 2.05) is 6.07 Å². The Bertz CT molecular complexity index is 475. The zero-order chi connectivity index (χ0) is 12.7. The summed E-state index contributed by atoms with van der Waals surface area (Å²) in [6, 6.07) is 5.81. The monoisotopic (exact) mass is 233 g/mol. The van der Waals surface area contributed by atoms with Gasteiger partial charge in [-0.1, -0.05) is 18.2 Å². The lowest BCUT2D eigenvalue weighted by Gasteiger charge is -1.99. The molecule has 0 saturated carbocycles. The molecule has 0 saturated heterocycles. The van der Waals surface area contributed by atoms with Crippen LogP contribution in [0.1, 0.15) is 24.5 Å². The van der Waals surface area contributed by atoms with E-state index in [0.29, 0.717) is 12.2 Å². The SMILES string of the molecule is CCOC(=O)CC=Cc1ccc(F)cc1C#N. The molecule has 0 aliphatic carbocycles. The van der Waals surface area contributed by atoms with E-state index in [2.05, 4.69) is 0 Å². The molecule has 0 amide bonds. The molecular weight excluding hydrogens is 221 g/mol. The van der Waals surface area contributed by atoms with Gasteiger partial charge in [0.05, 0.1) is 24.7 Å². The van der Waals surface area contributed by atoms with Crippen LogP contribution < -0.4 is 0 Å². The van der Waals surface area contributed by atoms with Crippen LogP contribution in [0.2, 0.25) is 0 Å². The molecule has 3 nitrogen and oxygen atoms in total. The number of halogens is 1. The summed E-state index contributed by atoms with van der Waals surface area (Å²) in [5, 5.41) is 8.79. The van der Waals surface area contributed by atoms with Gasteiger partial charge >= 0.3 is 5.97 Å². The number of rotatable bonds is 4. The third-order valence-electron chi connectivity index (χ3n) is 2.02. The van der Waals surface area contributed by atoms with Gasteiger partial charge in [-0.2, -0.15) is 5.26 Å². The molecule has 0 aromatic heterocycles. The van der Waals surface area contributed by atoms with Crippen LogP contribution in [-0.2, 0) is 9.53 Å². The molecule has 1 rings (SSSR count). The smallest absolute Gasteiger partial charge is 0.309 e. The topological polar surface area (TPSA) is 50.1 Å². The molecule has 0 aliphatic heterocycles. The lowest BCUT2D eigenvalue weighted by atomic mass is 10.1. The molecule has 0 spiro atoms. The van der Waals surface area contributed by atoms with Gasteiger partial charge in [-0.3, -0.25) is 4.79 Å². The van der Waals surface area contributed by atoms with Crippen LogP contribution in [0.15, 0.2) is 24.3 Å². The van der Waals surface area contributed by atoms with Crippen molar-refractivity contribution in [3.05, 3.63) is 41.2 Å². The third kappa shape index (κ3) is 4.07. The van der Waals surface area contributed by atoms with E-state index in [9.17, 15) is 9.18 Å². The van der Waals surface area contributed by atoms with Crippen molar-refractivity contribution in [1.29, 1.82) is 5.26 Å². The first-order valence-corrected chi connectivity index (χ1v) is 5.19. The summed E-state index contributed by atoms with van der Waals surface area (Å²) >= 11 is 0. The number of nitriles is 1. The molecule has 0 unspecified atom stereocenters. The van der Waals surface area contributed by atoms with Crippen molar-refractivity contribution in [2.45, 2.75) is 13.3 Å². The second kappa shape index (κ2) is 6.44. The number of hydrogen-bond acceptors (Lipinski definition) is 3. The molecule has 0 N–H and O–H groups in total. The lowest BCUT2D eigenvalue weighted by Crippen LogP contribution is -2.01. The number of hydrogen-bond donors (Lipinski definition) is 0. The number of carbonyl (C=O) groups excluding carboxylic acids is 1. The quantitative estimate of drug-likeness (QED) is 0.751. The molecule has 0 fully saturated rings. The Balaban J connectivity index is 2.72. The normalized spacial score (nSPS) is 10.2. The fourth-order valence-corrected chi connectivity index (χ4v) is 1.27. The Labute approximate surface area is 99.1 Å². The first-order chi connectivity index (χ1) is 8.17. The van der Waals surface area contributed by atoms with Gasteiger partial charge < -0.3 is 4.74 Å². The minimum absolute atomic E-state index is 0.135. The van der Waals surface area contributed by atoms with Gasteiger partial charge in [0.25, 0.3) is 0 Å². The average molecular weight is 233 g/mol. The standard InChI is InChI=1S/C13H12FNO2/c1-2-17-13(16)5-3-4-10-6-7-12(14)8-11(10)9-15/h3-4,6-8H,2,5H2,1H3. The Morgan fingerprint density at radius 2 is 2.35 bits per heavy atom. The summed E-state index contributed by atoms with van der Waals surface area (Å²) in [7, 11) is 0. The predicted octanol–water partition coefficient (Wildman–Crippen LogP) is 2.66. The van der Waals surface area contributed by atoms with Gasteiger partial charge in [-0.05, 0) is 24.6 Å². The van der Waals surface area contributed by atoms with Crippen molar-refractivity contribution in [3.8, 4) is 6.07 Å². The van der Waals surface area contributed by atoms with Crippen molar-refractivity contribution in [2.75, 3.05) is 6.61 Å². The minimum atomic E-state index is -0.455. The van der Waals surface area contributed by atoms with E-state index in [1.165, 1.54) is 12.1 Å². The van der Waals surface area contributed by atoms with E-state index in [4.69, 9.17) is 10.00 Å². The fourth-order valence-electron chi connectivity index (χ4n) is 1.27. The highest BCUT2D eigenvalue weighted by molar-refractivity contribution is 5.73. The number of esters is 1. The van der Waals surface area contributed by atoms with E-state index < -0.39 is 5.82 Å². The molecule has 0 bridgehead atoms. The highest BCUT2D eigenvalue weighted by atomic mass is 19.1. The maximum Gasteiger partial charge on any atom is 0.309 e. The lowest BCUT2D eigenvalue weighted by molar-refractivity contribution is -0.142. The molecule has 1 aromatic rings. The molecule has 4 heteroatoms. The van der Waals surface area contributed by atoms with Gasteiger partial charge in [-0.25, -0.2) is 4.39 Å². The first kappa shape index (κ1) is 12.9. The van der Waals surface area contributed by atoms with Crippen LogP contribution in [0, 0.1) is 17.1 Å². The van der Waals surface area contributed by atoms with E-state index in [1.54, 1.807) is 19.1 Å². The Morgan fingerprint density at radius 3 is 3.00 bits per heavy atom. The molecular formula is C13H12FNO2. The fraction of sp³-hybridized carbons (Fsp3) is 0.231. The van der Waals surface area contributed by atoms with Gasteiger partial charge in [0.15, 0.2) is 0 Å². The number of carbonyl (C=O) groups is 1. The molecule has 1 aromatic carbocycles. The van der Waals surface area contributed by atoms with E-state index in [-0.39, 0.29) is 18.0 Å². The Kier molecular flexibility index (Phi) is 4.89. The van der Waals surface area contributed by atoms with Crippen LogP contribution >= 0.6 is 0 Å². The van der Waals surface area contributed by atoms with Crippen molar-refractivity contribution in [3.63, 3.8) is 0 Å². The van der Waals surface area contributed by atoms with Gasteiger partial charge in [0, 0.05) is 0 Å². The summed E-state index contributed by atoms with van der Waals surface area (Å²) in [6.07, 6.45) is 3.33. The summed E-state index contributed by atoms with van der Waals surface area (Å²) in [5.41, 5.74) is 0.823. The second-order valence-corrected chi connectivity index (χ2v) is 3.25. The largest absolute Gasteiger partial charge is 0.466 e. The molecule has 0 aliphatic rings. The van der Waals surface area contributed by atoms with Gasteiger partial charge in [-0.15, -0.1) is 0 Å². The van der Waals surface area contributed by atoms with E-state index in [0.717, 1.165) is 6.07 Å². The maximum atomic E-state index is 12.8. The van der Waals surface area contributed by atoms with Crippen molar-refractivity contribution in [2.24, 2.45) is 0 Å². The number of nitrogens with zero attached hydrogens (tertiary/aromatic N) is 1. The van der Waals surface area contributed by atoms with Crippen molar-refractivity contribution < 1.29 is 13.9 Å². The minimum Gasteiger partial charge on any atom is -0.466 e. The van der Waals surface area contributed by atoms with Crippen molar-refractivity contribution >= 4 is 12.0 Å². The molecule has 0 atom stereocenters. The zero-order valence-corrected chi connectivity index (χ0v) is 9.44. The molecule has 88 valence electrons. The predicted molar refractivity (Wildman–Crippen MR) is 61.4 cm³/mol. The molecule has 17 heavy (non-hydrogen) atoms. The highest BCUT2D eigenvalue weighted by Crippen LogP contribution is 2.12. The Hall–Kier alpha value is -2.15. The van der Waals surface area contributed by atoms with Gasteiger partial charge in [0.1, 0.15) is 5.82 Å². The summed E-state index contributed by atoms with van der Waals surface area (Å²) in [4.78, 5) is 11.0. The number of ether oxygens (including phenoxy) is 1. The first-order valence-electron chi connectivity index (χ1n) is 5.19. The number of benzene rings is 1. The van der Waals surface area contributed by atoms with Crippen LogP contribution in [0.4, 0.5) is 4.39 Å². The van der Waals surface area contributed by atoms with Crippen LogP contribution in [-0.4, -0.2) is 12.6 Å². The molecule has 0 heterocycles. The second-order valence-electron chi connectivity index (χ2n) is 3.25. The summed E-state index contributed by atoms with van der Waals surface area (Å²) in [6.45, 7) is 2.07. The summed E-state index contributed by atoms with van der Waals surface area (Å²) in [5.74, 6) is -0.784.